The first-order valence-electron chi connectivity index (χ1n) is 10.4. The SMILES string of the molecule is C/C1=C/C(=O)O[C@@H]2C[C@@H](CC[C@H](C)C=CC=CCC1)O[C@@](O)([C@@H]1CSC(=O)N1)C2. The molecule has 0 aliphatic carbocycles. The van der Waals surface area contributed by atoms with Gasteiger partial charge in [-0.3, -0.25) is 4.79 Å². The van der Waals surface area contributed by atoms with Gasteiger partial charge < -0.3 is 19.9 Å². The number of carbonyl (C=O) groups excluding carboxylic acids is 2. The van der Waals surface area contributed by atoms with E-state index in [0.717, 1.165) is 43.0 Å². The van der Waals surface area contributed by atoms with Gasteiger partial charge in [-0.2, -0.15) is 0 Å². The summed E-state index contributed by atoms with van der Waals surface area (Å²) >= 11 is 1.14. The highest BCUT2D eigenvalue weighted by atomic mass is 32.2. The Morgan fingerprint density at radius 3 is 2.83 bits per heavy atom. The average molecular weight is 422 g/mol. The summed E-state index contributed by atoms with van der Waals surface area (Å²) < 4.78 is 11.8. The smallest absolute Gasteiger partial charge is 0.330 e. The van der Waals surface area contributed by atoms with Gasteiger partial charge in [-0.1, -0.05) is 48.6 Å². The van der Waals surface area contributed by atoms with E-state index in [-0.39, 0.29) is 23.7 Å². The van der Waals surface area contributed by atoms with E-state index in [1.165, 1.54) is 6.08 Å². The van der Waals surface area contributed by atoms with E-state index in [0.29, 0.717) is 18.1 Å². The Morgan fingerprint density at radius 2 is 2.07 bits per heavy atom. The first-order chi connectivity index (χ1) is 13.8. The zero-order chi connectivity index (χ0) is 20.9. The molecule has 7 heteroatoms. The third kappa shape index (κ3) is 6.46. The molecular weight excluding hydrogens is 390 g/mol. The summed E-state index contributed by atoms with van der Waals surface area (Å²) in [5.74, 6) is -1.10. The van der Waals surface area contributed by atoms with Crippen LogP contribution in [0.25, 0.3) is 0 Å². The topological polar surface area (TPSA) is 84.9 Å². The molecule has 3 heterocycles. The van der Waals surface area contributed by atoms with Crippen LogP contribution >= 0.6 is 11.8 Å². The average Bonchev–Trinajstić information content (AvgIpc) is 3.09. The minimum atomic E-state index is -1.53. The maximum Gasteiger partial charge on any atom is 0.330 e. The summed E-state index contributed by atoms with van der Waals surface area (Å²) in [5, 5.41) is 13.8. The van der Waals surface area contributed by atoms with Crippen LogP contribution in [0.2, 0.25) is 0 Å². The third-order valence-corrected chi connectivity index (χ3v) is 6.50. The van der Waals surface area contributed by atoms with Crippen LogP contribution in [0.3, 0.4) is 0 Å². The minimum absolute atomic E-state index is 0.159. The van der Waals surface area contributed by atoms with Gasteiger partial charge in [-0.25, -0.2) is 4.79 Å². The molecule has 0 spiro atoms. The van der Waals surface area contributed by atoms with Gasteiger partial charge in [0.05, 0.1) is 12.1 Å². The minimum Gasteiger partial charge on any atom is -0.459 e. The van der Waals surface area contributed by atoms with Crippen molar-refractivity contribution in [1.29, 1.82) is 0 Å². The summed E-state index contributed by atoms with van der Waals surface area (Å²) in [7, 11) is 0. The van der Waals surface area contributed by atoms with Crippen LogP contribution < -0.4 is 5.32 Å². The lowest BCUT2D eigenvalue weighted by Gasteiger charge is -2.43. The molecule has 2 N–H and O–H groups in total. The van der Waals surface area contributed by atoms with Crippen molar-refractivity contribution in [3.8, 4) is 0 Å². The molecule has 29 heavy (non-hydrogen) atoms. The van der Waals surface area contributed by atoms with Gasteiger partial charge in [0.2, 0.25) is 0 Å². The zero-order valence-corrected chi connectivity index (χ0v) is 18.0. The summed E-state index contributed by atoms with van der Waals surface area (Å²) in [6, 6.07) is -0.505. The van der Waals surface area contributed by atoms with Crippen molar-refractivity contribution < 1.29 is 24.2 Å². The number of fused-ring (bicyclic) bond motifs is 2. The molecule has 0 radical (unpaired) electrons. The van der Waals surface area contributed by atoms with Crippen molar-refractivity contribution in [2.75, 3.05) is 5.75 Å². The summed E-state index contributed by atoms with van der Waals surface area (Å²) in [6.07, 6.45) is 13.2. The normalized spacial score (nSPS) is 38.8. The Bertz CT molecular complexity index is 703. The number of aliphatic hydroxyl groups is 1. The van der Waals surface area contributed by atoms with E-state index < -0.39 is 17.9 Å². The van der Waals surface area contributed by atoms with Crippen LogP contribution in [-0.4, -0.2) is 46.1 Å². The number of nitrogens with one attached hydrogen (secondary N) is 1. The number of thioether (sulfide) groups is 1. The van der Waals surface area contributed by atoms with Gasteiger partial charge in [0.15, 0.2) is 5.79 Å². The van der Waals surface area contributed by atoms with Crippen molar-refractivity contribution in [1.82, 2.24) is 5.32 Å². The number of allylic oxidation sites excluding steroid dienone is 5. The van der Waals surface area contributed by atoms with E-state index in [4.69, 9.17) is 9.47 Å². The van der Waals surface area contributed by atoms with Gasteiger partial charge in [0, 0.05) is 24.7 Å². The number of rotatable bonds is 1. The number of carbonyl (C=O) groups is 2. The molecule has 0 unspecified atom stereocenters. The molecule has 3 aliphatic heterocycles. The largest absolute Gasteiger partial charge is 0.459 e. The predicted octanol–water partition coefficient (Wildman–Crippen LogP) is 3.86. The van der Waals surface area contributed by atoms with Crippen molar-refractivity contribution in [3.63, 3.8) is 0 Å². The molecule has 6 nitrogen and oxygen atoms in total. The third-order valence-electron chi connectivity index (χ3n) is 5.62. The standard InChI is InChI=1S/C22H31NO5S/c1-15-7-5-3-4-6-8-16(2)11-20(24)27-18-12-17(10-9-15)28-22(26,13-18)19-14-29-21(25)23-19/h3-5,7,11,15,17-19,26H,6,8-10,12-14H2,1-2H3,(H,23,25)/b4-3?,7-5?,16-11-/t15-,17-,18-,19+,22-/m1/s1. The van der Waals surface area contributed by atoms with Crippen LogP contribution in [0, 0.1) is 5.92 Å². The van der Waals surface area contributed by atoms with Gasteiger partial charge in [-0.05, 0) is 38.5 Å². The van der Waals surface area contributed by atoms with Crippen molar-refractivity contribution in [3.05, 3.63) is 36.0 Å². The lowest BCUT2D eigenvalue weighted by Crippen LogP contribution is -2.58. The highest BCUT2D eigenvalue weighted by molar-refractivity contribution is 8.14. The Kier molecular flexibility index (Phi) is 7.60. The lowest BCUT2D eigenvalue weighted by atomic mass is 9.90. The molecule has 3 rings (SSSR count). The first-order valence-corrected chi connectivity index (χ1v) is 11.4. The molecule has 2 fully saturated rings. The fourth-order valence-corrected chi connectivity index (χ4v) is 4.85. The first kappa shape index (κ1) is 22.1. The van der Waals surface area contributed by atoms with Crippen LogP contribution in [0.4, 0.5) is 4.79 Å². The molecule has 3 aliphatic rings. The predicted molar refractivity (Wildman–Crippen MR) is 113 cm³/mol. The quantitative estimate of drug-likeness (QED) is 0.626. The second kappa shape index (κ2) is 9.96. The fraction of sp³-hybridized carbons (Fsp3) is 0.636. The van der Waals surface area contributed by atoms with Crippen molar-refractivity contribution >= 4 is 23.0 Å². The molecule has 1 amide bonds. The second-order valence-corrected chi connectivity index (χ2v) is 9.27. The second-order valence-electron chi connectivity index (χ2n) is 8.28. The molecule has 0 aromatic heterocycles. The maximum atomic E-state index is 12.4. The monoisotopic (exact) mass is 421 g/mol. The number of hydrogen-bond donors (Lipinski definition) is 2. The van der Waals surface area contributed by atoms with E-state index in [2.05, 4.69) is 30.5 Å². The molecule has 0 aromatic rings. The van der Waals surface area contributed by atoms with Crippen molar-refractivity contribution in [2.24, 2.45) is 5.92 Å². The zero-order valence-electron chi connectivity index (χ0n) is 17.1. The molecule has 160 valence electrons. The van der Waals surface area contributed by atoms with Crippen molar-refractivity contribution in [2.45, 2.75) is 76.4 Å². The Balaban J connectivity index is 1.78. The highest BCUT2D eigenvalue weighted by Crippen LogP contribution is 2.36. The van der Waals surface area contributed by atoms with Crippen LogP contribution in [-0.2, 0) is 14.3 Å². The lowest BCUT2D eigenvalue weighted by molar-refractivity contribution is -0.283. The van der Waals surface area contributed by atoms with Gasteiger partial charge >= 0.3 is 5.97 Å². The summed E-state index contributed by atoms with van der Waals surface area (Å²) in [6.45, 7) is 4.07. The summed E-state index contributed by atoms with van der Waals surface area (Å²) in [4.78, 5) is 24.0. The molecule has 2 bridgehead atoms. The van der Waals surface area contributed by atoms with Gasteiger partial charge in [0.1, 0.15) is 6.10 Å². The molecule has 0 aromatic carbocycles. The van der Waals surface area contributed by atoms with Crippen LogP contribution in [0.15, 0.2) is 36.0 Å². The van der Waals surface area contributed by atoms with E-state index in [1.54, 1.807) is 0 Å². The number of amides is 1. The Hall–Kier alpha value is -1.57. The van der Waals surface area contributed by atoms with Crippen LogP contribution in [0.5, 0.6) is 0 Å². The Morgan fingerprint density at radius 1 is 1.24 bits per heavy atom. The molecule has 5 atom stereocenters. The summed E-state index contributed by atoms with van der Waals surface area (Å²) in [5.41, 5.74) is 0.961. The molecule has 2 saturated heterocycles. The number of esters is 1. The number of ether oxygens (including phenoxy) is 2. The van der Waals surface area contributed by atoms with Gasteiger partial charge in [0.25, 0.3) is 5.24 Å². The van der Waals surface area contributed by atoms with E-state index in [1.807, 2.05) is 13.0 Å². The maximum absolute atomic E-state index is 12.4. The van der Waals surface area contributed by atoms with Crippen LogP contribution in [0.1, 0.15) is 52.4 Å². The number of hydrogen-bond acceptors (Lipinski definition) is 6. The Labute approximate surface area is 176 Å². The highest BCUT2D eigenvalue weighted by Gasteiger charge is 2.49. The van der Waals surface area contributed by atoms with E-state index in [9.17, 15) is 14.7 Å². The fourth-order valence-electron chi connectivity index (χ4n) is 3.96. The molecular formula is C22H31NO5S. The van der Waals surface area contributed by atoms with Gasteiger partial charge in [-0.15, -0.1) is 0 Å². The van der Waals surface area contributed by atoms with E-state index >= 15 is 0 Å². The molecule has 0 saturated carbocycles.